The Hall–Kier alpha value is -2.01. The molecule has 21 heavy (non-hydrogen) atoms. The minimum absolute atomic E-state index is 0.486. The molecule has 0 N–H and O–H groups in total. The van der Waals surface area contributed by atoms with Gasteiger partial charge in [0, 0.05) is 18.3 Å². The van der Waals surface area contributed by atoms with Gasteiger partial charge in [-0.1, -0.05) is 0 Å². The van der Waals surface area contributed by atoms with Crippen molar-refractivity contribution in [2.45, 2.75) is 12.8 Å². The first kappa shape index (κ1) is 13.9. The van der Waals surface area contributed by atoms with Gasteiger partial charge < -0.3 is 4.74 Å². The summed E-state index contributed by atoms with van der Waals surface area (Å²) >= 11 is 0. The average Bonchev–Trinajstić information content (AvgIpc) is 3.02. The van der Waals surface area contributed by atoms with Gasteiger partial charge in [-0.05, 0) is 50.2 Å². The topological polar surface area (TPSA) is 38.2 Å². The number of halogens is 1. The van der Waals surface area contributed by atoms with Gasteiger partial charge in [-0.2, -0.15) is 4.39 Å². The maximum Gasteiger partial charge on any atom is 0.212 e. The maximum atomic E-state index is 12.8. The number of aromatic nitrogens is 2. The van der Waals surface area contributed by atoms with Crippen molar-refractivity contribution < 1.29 is 9.13 Å². The molecule has 0 unspecified atom stereocenters. The third kappa shape index (κ3) is 3.76. The minimum atomic E-state index is -0.486. The molecular formula is C16H18FN3O. The Morgan fingerprint density at radius 1 is 1.05 bits per heavy atom. The van der Waals surface area contributed by atoms with Crippen molar-refractivity contribution >= 4 is 0 Å². The lowest BCUT2D eigenvalue weighted by Crippen LogP contribution is -2.25. The summed E-state index contributed by atoms with van der Waals surface area (Å²) in [6.07, 6.45) is 5.76. The summed E-state index contributed by atoms with van der Waals surface area (Å²) in [7, 11) is 0. The summed E-state index contributed by atoms with van der Waals surface area (Å²) in [5.41, 5.74) is 1.55. The SMILES string of the molecule is Fc1ccc(-c2ccc(OCCN3CCCC3)cn2)cn1. The molecule has 2 aromatic heterocycles. The van der Waals surface area contributed by atoms with E-state index in [-0.39, 0.29) is 0 Å². The van der Waals surface area contributed by atoms with Crippen LogP contribution >= 0.6 is 0 Å². The normalized spacial score (nSPS) is 15.3. The smallest absolute Gasteiger partial charge is 0.212 e. The quantitative estimate of drug-likeness (QED) is 0.793. The highest BCUT2D eigenvalue weighted by Gasteiger charge is 2.10. The summed E-state index contributed by atoms with van der Waals surface area (Å²) in [5, 5.41) is 0. The number of hydrogen-bond donors (Lipinski definition) is 0. The van der Waals surface area contributed by atoms with Gasteiger partial charge in [0.05, 0.1) is 11.9 Å². The van der Waals surface area contributed by atoms with Crippen LogP contribution in [0.2, 0.25) is 0 Å². The van der Waals surface area contributed by atoms with Crippen LogP contribution in [0.4, 0.5) is 4.39 Å². The highest BCUT2D eigenvalue weighted by Crippen LogP contribution is 2.18. The van der Waals surface area contributed by atoms with Crippen LogP contribution in [0.1, 0.15) is 12.8 Å². The van der Waals surface area contributed by atoms with Crippen molar-refractivity contribution in [2.75, 3.05) is 26.2 Å². The van der Waals surface area contributed by atoms with Crippen LogP contribution in [0.25, 0.3) is 11.3 Å². The summed E-state index contributed by atoms with van der Waals surface area (Å²) < 4.78 is 18.5. The molecule has 0 atom stereocenters. The van der Waals surface area contributed by atoms with Gasteiger partial charge in [0.15, 0.2) is 0 Å². The number of pyridine rings is 2. The lowest BCUT2D eigenvalue weighted by atomic mass is 10.2. The van der Waals surface area contributed by atoms with Gasteiger partial charge in [0.25, 0.3) is 0 Å². The molecule has 4 nitrogen and oxygen atoms in total. The zero-order valence-corrected chi connectivity index (χ0v) is 11.8. The standard InChI is InChI=1S/C16H18FN3O/c17-16-6-3-13(11-19-16)15-5-4-14(12-18-15)21-10-9-20-7-1-2-8-20/h3-6,11-12H,1-2,7-10H2. The Morgan fingerprint density at radius 3 is 2.57 bits per heavy atom. The molecule has 3 rings (SSSR count). The Kier molecular flexibility index (Phi) is 4.40. The van der Waals surface area contributed by atoms with E-state index < -0.39 is 5.95 Å². The molecule has 0 aromatic carbocycles. The monoisotopic (exact) mass is 287 g/mol. The Labute approximate surface area is 123 Å². The van der Waals surface area contributed by atoms with Gasteiger partial charge in [-0.25, -0.2) is 4.98 Å². The zero-order chi connectivity index (χ0) is 14.5. The second kappa shape index (κ2) is 6.63. The molecule has 3 heterocycles. The van der Waals surface area contributed by atoms with Crippen molar-refractivity contribution in [1.29, 1.82) is 0 Å². The molecule has 1 saturated heterocycles. The molecule has 1 aliphatic heterocycles. The van der Waals surface area contributed by atoms with E-state index in [4.69, 9.17) is 4.74 Å². The van der Waals surface area contributed by atoms with E-state index >= 15 is 0 Å². The van der Waals surface area contributed by atoms with Crippen LogP contribution in [-0.4, -0.2) is 41.1 Å². The summed E-state index contributed by atoms with van der Waals surface area (Å²) in [6, 6.07) is 6.74. The molecule has 0 amide bonds. The largest absolute Gasteiger partial charge is 0.491 e. The highest BCUT2D eigenvalue weighted by molar-refractivity contribution is 5.57. The van der Waals surface area contributed by atoms with E-state index in [0.717, 1.165) is 23.6 Å². The maximum absolute atomic E-state index is 12.8. The molecule has 0 radical (unpaired) electrons. The van der Waals surface area contributed by atoms with E-state index in [2.05, 4.69) is 14.9 Å². The molecule has 1 fully saturated rings. The van der Waals surface area contributed by atoms with E-state index in [0.29, 0.717) is 6.61 Å². The Balaban J connectivity index is 1.55. The first-order valence-corrected chi connectivity index (χ1v) is 7.24. The van der Waals surface area contributed by atoms with E-state index in [9.17, 15) is 4.39 Å². The highest BCUT2D eigenvalue weighted by atomic mass is 19.1. The van der Waals surface area contributed by atoms with Crippen LogP contribution < -0.4 is 4.74 Å². The molecule has 0 saturated carbocycles. The summed E-state index contributed by atoms with van der Waals surface area (Å²) in [4.78, 5) is 10.4. The minimum Gasteiger partial charge on any atom is -0.491 e. The number of rotatable bonds is 5. The first-order valence-electron chi connectivity index (χ1n) is 7.24. The van der Waals surface area contributed by atoms with Gasteiger partial charge in [0.1, 0.15) is 12.4 Å². The lowest BCUT2D eigenvalue weighted by molar-refractivity contribution is 0.237. The number of nitrogens with zero attached hydrogens (tertiary/aromatic N) is 3. The third-order valence-electron chi connectivity index (χ3n) is 3.63. The molecular weight excluding hydrogens is 269 g/mol. The van der Waals surface area contributed by atoms with Gasteiger partial charge in [-0.15, -0.1) is 0 Å². The second-order valence-electron chi connectivity index (χ2n) is 5.15. The fourth-order valence-corrected chi connectivity index (χ4v) is 2.46. The average molecular weight is 287 g/mol. The molecule has 0 spiro atoms. The van der Waals surface area contributed by atoms with Crippen molar-refractivity contribution in [3.05, 3.63) is 42.6 Å². The molecule has 0 bridgehead atoms. The number of ether oxygens (including phenoxy) is 1. The predicted molar refractivity (Wildman–Crippen MR) is 78.6 cm³/mol. The van der Waals surface area contributed by atoms with Crippen molar-refractivity contribution in [3.63, 3.8) is 0 Å². The summed E-state index contributed by atoms with van der Waals surface area (Å²) in [6.45, 7) is 4.00. The van der Waals surface area contributed by atoms with Crippen LogP contribution in [0, 0.1) is 5.95 Å². The molecule has 1 aliphatic rings. The fraction of sp³-hybridized carbons (Fsp3) is 0.375. The number of likely N-dealkylation sites (tertiary alicyclic amines) is 1. The molecule has 5 heteroatoms. The first-order chi connectivity index (χ1) is 10.3. The Morgan fingerprint density at radius 2 is 1.90 bits per heavy atom. The van der Waals surface area contributed by atoms with E-state index in [1.807, 2.05) is 12.1 Å². The molecule has 0 aliphatic carbocycles. The number of hydrogen-bond acceptors (Lipinski definition) is 4. The van der Waals surface area contributed by atoms with Gasteiger partial charge >= 0.3 is 0 Å². The van der Waals surface area contributed by atoms with Gasteiger partial charge in [-0.3, -0.25) is 9.88 Å². The van der Waals surface area contributed by atoms with Crippen LogP contribution in [0.3, 0.4) is 0 Å². The van der Waals surface area contributed by atoms with Crippen LogP contribution in [-0.2, 0) is 0 Å². The van der Waals surface area contributed by atoms with E-state index in [1.54, 1.807) is 12.3 Å². The van der Waals surface area contributed by atoms with Crippen molar-refractivity contribution in [3.8, 4) is 17.0 Å². The summed E-state index contributed by atoms with van der Waals surface area (Å²) in [5.74, 6) is 0.272. The molecule has 110 valence electrons. The molecule has 2 aromatic rings. The predicted octanol–water partition coefficient (Wildman–Crippen LogP) is 2.76. The van der Waals surface area contributed by atoms with Crippen molar-refractivity contribution in [2.24, 2.45) is 0 Å². The second-order valence-corrected chi connectivity index (χ2v) is 5.15. The Bertz CT molecular complexity index is 565. The zero-order valence-electron chi connectivity index (χ0n) is 11.8. The fourth-order valence-electron chi connectivity index (χ4n) is 2.46. The van der Waals surface area contributed by atoms with Crippen LogP contribution in [0.5, 0.6) is 5.75 Å². The lowest BCUT2D eigenvalue weighted by Gasteiger charge is -2.14. The van der Waals surface area contributed by atoms with Crippen molar-refractivity contribution in [1.82, 2.24) is 14.9 Å². The van der Waals surface area contributed by atoms with Gasteiger partial charge in [0.2, 0.25) is 5.95 Å². The van der Waals surface area contributed by atoms with Crippen LogP contribution in [0.15, 0.2) is 36.7 Å². The third-order valence-corrected chi connectivity index (χ3v) is 3.63. The van der Waals surface area contributed by atoms with E-state index in [1.165, 1.54) is 38.2 Å².